The maximum absolute atomic E-state index is 12.6. The van der Waals surface area contributed by atoms with Crippen LogP contribution in [0.25, 0.3) is 0 Å². The van der Waals surface area contributed by atoms with Crippen molar-refractivity contribution in [1.29, 1.82) is 0 Å². The summed E-state index contributed by atoms with van der Waals surface area (Å²) in [6.07, 6.45) is -0.561. The summed E-state index contributed by atoms with van der Waals surface area (Å²) in [5.74, 6) is -5.61. The van der Waals surface area contributed by atoms with Gasteiger partial charge < -0.3 is 35.3 Å². The topological polar surface area (TPSA) is 183 Å². The van der Waals surface area contributed by atoms with Crippen LogP contribution in [0.4, 0.5) is 0 Å². The molecule has 0 saturated heterocycles. The molecule has 13 heteroatoms. The molecular formula is C15H28N3O9P. The minimum atomic E-state index is -4.11. The normalized spacial score (nSPS) is 13.9. The fraction of sp³-hybridized carbons (Fsp3) is 0.733. The molecule has 162 valence electrons. The van der Waals surface area contributed by atoms with Gasteiger partial charge in [-0.1, -0.05) is 0 Å². The van der Waals surface area contributed by atoms with E-state index in [0.717, 1.165) is 14.2 Å². The van der Waals surface area contributed by atoms with Crippen molar-refractivity contribution >= 4 is 31.3 Å². The molecule has 0 aliphatic rings. The summed E-state index contributed by atoms with van der Waals surface area (Å²) in [7, 11) is -2.07. The molecule has 0 rings (SSSR count). The lowest BCUT2D eigenvalue weighted by Gasteiger charge is -2.25. The smallest absolute Gasteiger partial charge is 0.361 e. The number of aliphatic carboxylic acids is 1. The molecule has 28 heavy (non-hydrogen) atoms. The van der Waals surface area contributed by atoms with Gasteiger partial charge in [-0.25, -0.2) is 0 Å². The summed E-state index contributed by atoms with van der Waals surface area (Å²) in [4.78, 5) is 46.8. The number of carbonyl (C=O) groups is 4. The highest BCUT2D eigenvalue weighted by Crippen LogP contribution is 2.50. The average molecular weight is 425 g/mol. The molecule has 0 aromatic carbocycles. The van der Waals surface area contributed by atoms with Gasteiger partial charge in [0, 0.05) is 20.6 Å². The van der Waals surface area contributed by atoms with E-state index in [2.05, 4.69) is 10.6 Å². The van der Waals surface area contributed by atoms with Crippen LogP contribution < -0.4 is 16.4 Å². The number of rotatable bonds is 11. The maximum Gasteiger partial charge on any atom is 0.361 e. The second-order valence-corrected chi connectivity index (χ2v) is 8.99. The largest absolute Gasteiger partial charge is 0.480 e. The lowest BCUT2D eigenvalue weighted by molar-refractivity contribution is -0.154. The summed E-state index contributed by atoms with van der Waals surface area (Å²) in [5, 5.41) is 13.1. The van der Waals surface area contributed by atoms with Gasteiger partial charge >= 0.3 is 19.5 Å². The molecule has 0 fully saturated rings. The van der Waals surface area contributed by atoms with E-state index in [0.29, 0.717) is 0 Å². The van der Waals surface area contributed by atoms with Crippen LogP contribution in [0.2, 0.25) is 0 Å². The third kappa shape index (κ3) is 9.27. The van der Waals surface area contributed by atoms with E-state index in [1.165, 1.54) is 0 Å². The molecule has 0 radical (unpaired) electrons. The Bertz CT molecular complexity index is 625. The summed E-state index contributed by atoms with van der Waals surface area (Å²) >= 11 is 0. The van der Waals surface area contributed by atoms with Crippen molar-refractivity contribution in [2.45, 2.75) is 51.0 Å². The Hall–Kier alpha value is -2.01. The van der Waals surface area contributed by atoms with Gasteiger partial charge in [-0.3, -0.25) is 23.7 Å². The van der Waals surface area contributed by atoms with E-state index in [1.807, 2.05) is 0 Å². The van der Waals surface area contributed by atoms with Crippen LogP contribution >= 0.6 is 7.60 Å². The van der Waals surface area contributed by atoms with E-state index in [-0.39, 0.29) is 12.8 Å². The van der Waals surface area contributed by atoms with Gasteiger partial charge in [0.2, 0.25) is 11.7 Å². The van der Waals surface area contributed by atoms with Gasteiger partial charge in [0.15, 0.2) is 0 Å². The number of carbonyl (C=O) groups excluding carboxylic acids is 3. The summed E-state index contributed by atoms with van der Waals surface area (Å²) < 4.78 is 27.1. The molecule has 0 aliphatic carbocycles. The van der Waals surface area contributed by atoms with Gasteiger partial charge in [-0.05, 0) is 27.2 Å². The highest BCUT2D eigenvalue weighted by Gasteiger charge is 2.41. The number of esters is 1. The van der Waals surface area contributed by atoms with Crippen LogP contribution in [0.3, 0.4) is 0 Å². The van der Waals surface area contributed by atoms with E-state index >= 15 is 0 Å². The second-order valence-electron chi connectivity index (χ2n) is 6.66. The molecule has 2 atom stereocenters. The lowest BCUT2D eigenvalue weighted by Crippen LogP contribution is -2.48. The van der Waals surface area contributed by atoms with Crippen molar-refractivity contribution in [2.24, 2.45) is 5.73 Å². The summed E-state index contributed by atoms with van der Waals surface area (Å²) in [6.45, 7) is 4.38. The number of nitrogens with one attached hydrogen (secondary N) is 2. The number of hydrogen-bond acceptors (Lipinski definition) is 9. The minimum Gasteiger partial charge on any atom is -0.480 e. The van der Waals surface area contributed by atoms with Gasteiger partial charge in [0.1, 0.15) is 18.2 Å². The van der Waals surface area contributed by atoms with Crippen LogP contribution in [0.15, 0.2) is 0 Å². The Morgan fingerprint density at radius 1 is 1.14 bits per heavy atom. The quantitative estimate of drug-likeness (QED) is 0.250. The predicted molar refractivity (Wildman–Crippen MR) is 97.3 cm³/mol. The first-order valence-corrected chi connectivity index (χ1v) is 9.85. The van der Waals surface area contributed by atoms with Crippen LogP contribution in [-0.2, 0) is 37.5 Å². The summed E-state index contributed by atoms with van der Waals surface area (Å²) in [5.41, 5.74) is 4.54. The molecule has 0 aliphatic heterocycles. The van der Waals surface area contributed by atoms with Crippen molar-refractivity contribution in [2.75, 3.05) is 20.8 Å². The van der Waals surface area contributed by atoms with Gasteiger partial charge in [-0.15, -0.1) is 0 Å². The number of amides is 2. The SMILES string of the molecule is COP(=O)(OC)C(NC(=O)CC[C@H](N)C(=O)O)C(=O)NCC(=O)OC(C)(C)C. The van der Waals surface area contributed by atoms with Gasteiger partial charge in [0.05, 0.1) is 0 Å². The molecule has 12 nitrogen and oxygen atoms in total. The van der Waals surface area contributed by atoms with E-state index in [9.17, 15) is 23.7 Å². The van der Waals surface area contributed by atoms with E-state index < -0.39 is 55.3 Å². The Labute approximate surface area is 163 Å². The predicted octanol–water partition coefficient (Wildman–Crippen LogP) is -0.435. The number of nitrogens with two attached hydrogens (primary N) is 1. The number of ether oxygens (including phenoxy) is 1. The minimum absolute atomic E-state index is 0.211. The fourth-order valence-corrected chi connectivity index (χ4v) is 3.09. The van der Waals surface area contributed by atoms with E-state index in [1.54, 1.807) is 20.8 Å². The van der Waals surface area contributed by atoms with Crippen molar-refractivity contribution in [3.63, 3.8) is 0 Å². The zero-order valence-corrected chi connectivity index (χ0v) is 17.4. The first-order chi connectivity index (χ1) is 12.8. The first kappa shape index (κ1) is 26.0. The van der Waals surface area contributed by atoms with Gasteiger partial charge in [0.25, 0.3) is 5.91 Å². The van der Waals surface area contributed by atoms with Crippen molar-refractivity contribution in [3.8, 4) is 0 Å². The third-order valence-electron chi connectivity index (χ3n) is 3.20. The molecule has 0 bridgehead atoms. The molecule has 5 N–H and O–H groups in total. The molecule has 0 aromatic rings. The number of carboxylic acid groups (broad SMARTS) is 1. The van der Waals surface area contributed by atoms with Crippen LogP contribution in [-0.4, -0.2) is 67.0 Å². The van der Waals surface area contributed by atoms with Crippen molar-refractivity contribution < 1.29 is 42.6 Å². The monoisotopic (exact) mass is 425 g/mol. The third-order valence-corrected chi connectivity index (χ3v) is 5.21. The molecule has 0 saturated carbocycles. The lowest BCUT2D eigenvalue weighted by atomic mass is 10.1. The standard InChI is InChI=1S/C15H28N3O9P/c1-15(2,3)27-11(20)8-17-12(21)13(28(24,25-4)26-5)18-10(19)7-6-9(16)14(22)23/h9,13H,6-8,16H2,1-5H3,(H,17,21)(H,18,19)(H,22,23)/t9-,13?/m0/s1. The molecule has 0 heterocycles. The van der Waals surface area contributed by atoms with Gasteiger partial charge in [-0.2, -0.15) is 0 Å². The molecule has 2 amide bonds. The molecule has 1 unspecified atom stereocenters. The zero-order chi connectivity index (χ0) is 22.1. The van der Waals surface area contributed by atoms with Crippen molar-refractivity contribution in [3.05, 3.63) is 0 Å². The highest BCUT2D eigenvalue weighted by atomic mass is 31.2. The Morgan fingerprint density at radius 2 is 1.68 bits per heavy atom. The molecular weight excluding hydrogens is 397 g/mol. The maximum atomic E-state index is 12.6. The number of carboxylic acids is 1. The van der Waals surface area contributed by atoms with Crippen LogP contribution in [0.1, 0.15) is 33.6 Å². The van der Waals surface area contributed by atoms with Crippen LogP contribution in [0, 0.1) is 0 Å². The first-order valence-electron chi connectivity index (χ1n) is 8.24. The fourth-order valence-electron chi connectivity index (χ4n) is 1.84. The van der Waals surface area contributed by atoms with E-state index in [4.69, 9.17) is 24.6 Å². The molecule has 0 aromatic heterocycles. The Balaban J connectivity index is 5.10. The number of hydrogen-bond donors (Lipinski definition) is 4. The highest BCUT2D eigenvalue weighted by molar-refractivity contribution is 7.55. The summed E-state index contributed by atoms with van der Waals surface area (Å²) in [6, 6.07) is -1.28. The van der Waals surface area contributed by atoms with Crippen LogP contribution in [0.5, 0.6) is 0 Å². The zero-order valence-electron chi connectivity index (χ0n) is 16.5. The van der Waals surface area contributed by atoms with Crippen molar-refractivity contribution in [1.82, 2.24) is 10.6 Å². The average Bonchev–Trinajstić information content (AvgIpc) is 2.59. The second kappa shape index (κ2) is 11.1. The Morgan fingerprint density at radius 3 is 2.11 bits per heavy atom. The Kier molecular flexibility index (Phi) is 10.3. The molecule has 0 spiro atoms.